The van der Waals surface area contributed by atoms with Crippen LogP contribution in [0, 0.1) is 24.7 Å². The lowest BCUT2D eigenvalue weighted by atomic mass is 9.92. The molecule has 1 aliphatic carbocycles. The summed E-state index contributed by atoms with van der Waals surface area (Å²) < 4.78 is 0. The average Bonchev–Trinajstić information content (AvgIpc) is 2.97. The molecule has 0 spiro atoms. The summed E-state index contributed by atoms with van der Waals surface area (Å²) in [5, 5.41) is 9.30. The minimum atomic E-state index is -0.770. The third-order valence-corrected chi connectivity index (χ3v) is 5.05. The van der Waals surface area contributed by atoms with Gasteiger partial charge >= 0.3 is 5.97 Å². The minimum Gasteiger partial charge on any atom is -0.481 e. The molecule has 2 heterocycles. The number of hydrogen-bond donors (Lipinski definition) is 1. The zero-order valence-electron chi connectivity index (χ0n) is 10.7. The number of likely N-dealkylation sites (tertiary alicyclic amines) is 1. The van der Waals surface area contributed by atoms with Gasteiger partial charge in [-0.05, 0) is 31.6 Å². The van der Waals surface area contributed by atoms with E-state index < -0.39 is 11.9 Å². The maximum Gasteiger partial charge on any atom is 0.308 e. The van der Waals surface area contributed by atoms with Crippen molar-refractivity contribution >= 4 is 23.2 Å². The fourth-order valence-electron chi connectivity index (χ4n) is 2.91. The van der Waals surface area contributed by atoms with E-state index in [1.165, 1.54) is 11.3 Å². The maximum absolute atomic E-state index is 12.4. The molecule has 3 rings (SSSR count). The highest BCUT2D eigenvalue weighted by atomic mass is 32.1. The third-order valence-electron chi connectivity index (χ3n) is 4.14. The van der Waals surface area contributed by atoms with Gasteiger partial charge in [0.25, 0.3) is 5.91 Å². The minimum absolute atomic E-state index is 0.0607. The predicted octanol–water partition coefficient (Wildman–Crippen LogP) is 1.63. The van der Waals surface area contributed by atoms with E-state index >= 15 is 0 Å². The van der Waals surface area contributed by atoms with Crippen molar-refractivity contribution in [3.8, 4) is 0 Å². The Labute approximate surface area is 115 Å². The Kier molecular flexibility index (Phi) is 3.05. The molecule has 6 heteroatoms. The van der Waals surface area contributed by atoms with Crippen LogP contribution in [0.15, 0.2) is 5.51 Å². The molecule has 0 unspecified atom stereocenters. The van der Waals surface area contributed by atoms with Crippen LogP contribution in [0.5, 0.6) is 0 Å². The molecule has 1 aliphatic heterocycles. The summed E-state index contributed by atoms with van der Waals surface area (Å²) in [6, 6.07) is 0. The molecule has 102 valence electrons. The number of hydrogen-bond acceptors (Lipinski definition) is 4. The van der Waals surface area contributed by atoms with Crippen molar-refractivity contribution in [2.24, 2.45) is 17.8 Å². The Hall–Kier alpha value is -1.43. The molecule has 1 aromatic rings. The number of amides is 1. The van der Waals surface area contributed by atoms with Crippen LogP contribution in [-0.4, -0.2) is 40.0 Å². The van der Waals surface area contributed by atoms with Crippen LogP contribution < -0.4 is 0 Å². The fourth-order valence-corrected chi connectivity index (χ4v) is 3.68. The fraction of sp³-hybridized carbons (Fsp3) is 0.615. The van der Waals surface area contributed by atoms with Gasteiger partial charge in [-0.15, -0.1) is 11.3 Å². The highest BCUT2D eigenvalue weighted by molar-refractivity contribution is 7.11. The van der Waals surface area contributed by atoms with Crippen LogP contribution in [0.2, 0.25) is 0 Å². The first-order valence-electron chi connectivity index (χ1n) is 6.50. The summed E-state index contributed by atoms with van der Waals surface area (Å²) in [6.07, 6.45) is 2.21. The van der Waals surface area contributed by atoms with Crippen molar-refractivity contribution in [3.05, 3.63) is 16.1 Å². The average molecular weight is 280 g/mol. The van der Waals surface area contributed by atoms with E-state index in [9.17, 15) is 14.7 Å². The smallest absolute Gasteiger partial charge is 0.308 e. The summed E-state index contributed by atoms with van der Waals surface area (Å²) in [5.41, 5.74) is 2.39. The third kappa shape index (κ3) is 2.25. The van der Waals surface area contributed by atoms with Crippen molar-refractivity contribution in [1.82, 2.24) is 9.88 Å². The number of carbonyl (C=O) groups is 2. The summed E-state index contributed by atoms with van der Waals surface area (Å²) in [6.45, 7) is 2.73. The highest BCUT2D eigenvalue weighted by Crippen LogP contribution is 2.44. The van der Waals surface area contributed by atoms with Crippen LogP contribution in [0.4, 0.5) is 0 Å². The number of thiazole rings is 1. The number of carboxylic acid groups (broad SMARTS) is 1. The van der Waals surface area contributed by atoms with E-state index in [0.29, 0.717) is 23.9 Å². The molecule has 1 amide bonds. The molecule has 2 aliphatic rings. The first-order chi connectivity index (χ1) is 9.08. The van der Waals surface area contributed by atoms with E-state index in [0.717, 1.165) is 18.5 Å². The second kappa shape index (κ2) is 4.59. The van der Waals surface area contributed by atoms with Crippen molar-refractivity contribution < 1.29 is 14.7 Å². The number of rotatable bonds is 3. The topological polar surface area (TPSA) is 70.5 Å². The van der Waals surface area contributed by atoms with E-state index in [4.69, 9.17) is 0 Å². The largest absolute Gasteiger partial charge is 0.481 e. The van der Waals surface area contributed by atoms with Crippen LogP contribution in [0.25, 0.3) is 0 Å². The van der Waals surface area contributed by atoms with Gasteiger partial charge < -0.3 is 10.0 Å². The molecule has 2 atom stereocenters. The molecule has 0 aromatic carbocycles. The Morgan fingerprint density at radius 2 is 2.16 bits per heavy atom. The summed E-state index contributed by atoms with van der Waals surface area (Å²) in [4.78, 5) is 30.1. The zero-order valence-corrected chi connectivity index (χ0v) is 11.5. The summed E-state index contributed by atoms with van der Waals surface area (Å²) >= 11 is 1.33. The van der Waals surface area contributed by atoms with E-state index in [1.807, 2.05) is 6.92 Å². The first kappa shape index (κ1) is 12.6. The number of carboxylic acids is 1. The Bertz CT molecular complexity index is 524. The van der Waals surface area contributed by atoms with Gasteiger partial charge in [-0.1, -0.05) is 0 Å². The van der Waals surface area contributed by atoms with E-state index in [-0.39, 0.29) is 11.8 Å². The van der Waals surface area contributed by atoms with Crippen LogP contribution in [0.3, 0.4) is 0 Å². The normalized spacial score (nSPS) is 26.7. The molecule has 1 N–H and O–H groups in total. The molecule has 2 fully saturated rings. The van der Waals surface area contributed by atoms with Crippen LogP contribution in [0.1, 0.15) is 28.2 Å². The molecule has 5 nitrogen and oxygen atoms in total. The number of aliphatic carboxylic acids is 1. The number of carbonyl (C=O) groups excluding carboxylic acids is 1. The second-order valence-corrected chi connectivity index (χ2v) is 6.28. The number of nitrogens with zero attached hydrogens (tertiary/aromatic N) is 2. The van der Waals surface area contributed by atoms with Crippen molar-refractivity contribution in [2.45, 2.75) is 19.8 Å². The molecule has 0 bridgehead atoms. The van der Waals surface area contributed by atoms with Gasteiger partial charge in [-0.2, -0.15) is 0 Å². The SMILES string of the molecule is Cc1ncsc1C(=O)N1C[C@H](C(=O)O)[C@@H](C2CC2)C1. The quantitative estimate of drug-likeness (QED) is 0.913. The Balaban J connectivity index is 1.78. The van der Waals surface area contributed by atoms with Crippen molar-refractivity contribution in [1.29, 1.82) is 0 Å². The van der Waals surface area contributed by atoms with Crippen LogP contribution in [-0.2, 0) is 4.79 Å². The molecule has 1 saturated carbocycles. The lowest BCUT2D eigenvalue weighted by molar-refractivity contribution is -0.142. The lowest BCUT2D eigenvalue weighted by Crippen LogP contribution is -2.29. The van der Waals surface area contributed by atoms with Gasteiger partial charge in [0.2, 0.25) is 0 Å². The molecule has 1 aromatic heterocycles. The van der Waals surface area contributed by atoms with Gasteiger partial charge in [0.1, 0.15) is 4.88 Å². The van der Waals surface area contributed by atoms with Gasteiger partial charge in [0.15, 0.2) is 0 Å². The first-order valence-corrected chi connectivity index (χ1v) is 7.38. The van der Waals surface area contributed by atoms with Crippen molar-refractivity contribution in [2.75, 3.05) is 13.1 Å². The Morgan fingerprint density at radius 1 is 1.42 bits per heavy atom. The molecular weight excluding hydrogens is 264 g/mol. The monoisotopic (exact) mass is 280 g/mol. The summed E-state index contributed by atoms with van der Waals surface area (Å²) in [7, 11) is 0. The van der Waals surface area contributed by atoms with Crippen LogP contribution >= 0.6 is 11.3 Å². The molecule has 1 saturated heterocycles. The predicted molar refractivity (Wildman–Crippen MR) is 70.1 cm³/mol. The van der Waals surface area contributed by atoms with Gasteiger partial charge in [0, 0.05) is 13.1 Å². The van der Waals surface area contributed by atoms with Gasteiger partial charge in [-0.3, -0.25) is 9.59 Å². The Morgan fingerprint density at radius 3 is 2.68 bits per heavy atom. The number of aryl methyl sites for hydroxylation is 1. The highest BCUT2D eigenvalue weighted by Gasteiger charge is 2.47. The molecule has 19 heavy (non-hydrogen) atoms. The van der Waals surface area contributed by atoms with Crippen molar-refractivity contribution in [3.63, 3.8) is 0 Å². The van der Waals surface area contributed by atoms with E-state index in [1.54, 1.807) is 10.4 Å². The molecule has 0 radical (unpaired) electrons. The van der Waals surface area contributed by atoms with E-state index in [2.05, 4.69) is 4.98 Å². The zero-order chi connectivity index (χ0) is 13.6. The second-order valence-electron chi connectivity index (χ2n) is 5.42. The lowest BCUT2D eigenvalue weighted by Gasteiger charge is -2.15. The van der Waals surface area contributed by atoms with Gasteiger partial charge in [-0.25, -0.2) is 4.98 Å². The van der Waals surface area contributed by atoms with Gasteiger partial charge in [0.05, 0.1) is 17.1 Å². The molecular formula is C13H16N2O3S. The summed E-state index contributed by atoms with van der Waals surface area (Å²) in [5.74, 6) is -0.594. The standard InChI is InChI=1S/C13H16N2O3S/c1-7-11(19-6-14-7)12(16)15-4-9(8-2-3-8)10(5-15)13(17)18/h6,8-10H,2-5H2,1H3,(H,17,18)/t9-,10+/m1/s1. The maximum atomic E-state index is 12.4. The number of aromatic nitrogens is 1.